The van der Waals surface area contributed by atoms with Crippen molar-refractivity contribution in [1.29, 1.82) is 0 Å². The SMILES string of the molecule is CC(C)(CC(=O)C(C)(C)CO)C(=O)O. The van der Waals surface area contributed by atoms with Gasteiger partial charge < -0.3 is 10.2 Å². The summed E-state index contributed by atoms with van der Waals surface area (Å²) in [6.07, 6.45) is -0.0596. The molecule has 0 saturated heterocycles. The molecule has 0 unspecified atom stereocenters. The van der Waals surface area contributed by atoms with Crippen LogP contribution in [-0.2, 0) is 9.59 Å². The average Bonchev–Trinajstić information content (AvgIpc) is 2.03. The van der Waals surface area contributed by atoms with E-state index in [1.54, 1.807) is 13.8 Å². The van der Waals surface area contributed by atoms with Crippen molar-refractivity contribution in [3.63, 3.8) is 0 Å². The Bertz CT molecular complexity index is 241. The number of carboxylic acid groups (broad SMARTS) is 1. The van der Waals surface area contributed by atoms with Gasteiger partial charge >= 0.3 is 5.97 Å². The van der Waals surface area contributed by atoms with Gasteiger partial charge in [-0.25, -0.2) is 0 Å². The summed E-state index contributed by atoms with van der Waals surface area (Å²) in [5.41, 5.74) is -1.92. The number of hydrogen-bond donors (Lipinski definition) is 2. The molecule has 0 saturated carbocycles. The van der Waals surface area contributed by atoms with Crippen LogP contribution >= 0.6 is 0 Å². The molecule has 0 fully saturated rings. The number of carboxylic acids is 1. The Hall–Kier alpha value is -0.900. The summed E-state index contributed by atoms with van der Waals surface area (Å²) in [5, 5.41) is 17.7. The van der Waals surface area contributed by atoms with Gasteiger partial charge in [-0.2, -0.15) is 0 Å². The molecule has 2 N–H and O–H groups in total. The summed E-state index contributed by atoms with van der Waals surface area (Å²) in [4.78, 5) is 22.3. The fourth-order valence-electron chi connectivity index (χ4n) is 0.804. The molecule has 0 aromatic rings. The lowest BCUT2D eigenvalue weighted by molar-refractivity contribution is -0.150. The number of aliphatic carboxylic acids is 1. The van der Waals surface area contributed by atoms with E-state index in [0.29, 0.717) is 0 Å². The Balaban J connectivity index is 4.56. The number of rotatable bonds is 5. The molecule has 0 atom stereocenters. The van der Waals surface area contributed by atoms with Crippen molar-refractivity contribution in [2.75, 3.05) is 6.61 Å². The average molecular weight is 202 g/mol. The number of hydrogen-bond acceptors (Lipinski definition) is 3. The van der Waals surface area contributed by atoms with Gasteiger partial charge in [-0.05, 0) is 13.8 Å². The van der Waals surface area contributed by atoms with E-state index in [1.165, 1.54) is 13.8 Å². The Labute approximate surface area is 83.9 Å². The van der Waals surface area contributed by atoms with Gasteiger partial charge in [0, 0.05) is 11.8 Å². The van der Waals surface area contributed by atoms with Crippen LogP contribution in [0.4, 0.5) is 0 Å². The van der Waals surface area contributed by atoms with Crippen LogP contribution in [-0.4, -0.2) is 28.6 Å². The van der Waals surface area contributed by atoms with Crippen LogP contribution in [0.3, 0.4) is 0 Å². The van der Waals surface area contributed by atoms with Crippen LogP contribution in [0.5, 0.6) is 0 Å². The first-order chi connectivity index (χ1) is 6.13. The van der Waals surface area contributed by atoms with Crippen LogP contribution in [0.15, 0.2) is 0 Å². The number of ketones is 1. The van der Waals surface area contributed by atoms with Crippen LogP contribution in [0.2, 0.25) is 0 Å². The van der Waals surface area contributed by atoms with E-state index in [1.807, 2.05) is 0 Å². The maximum Gasteiger partial charge on any atom is 0.309 e. The first-order valence-electron chi connectivity index (χ1n) is 4.51. The third kappa shape index (κ3) is 3.10. The first-order valence-corrected chi connectivity index (χ1v) is 4.51. The third-order valence-electron chi connectivity index (χ3n) is 2.33. The highest BCUT2D eigenvalue weighted by atomic mass is 16.4. The zero-order valence-electron chi connectivity index (χ0n) is 9.13. The molecule has 0 rings (SSSR count). The second-order valence-corrected chi connectivity index (χ2v) is 4.83. The number of Topliss-reactive ketones (excluding diaryl/α,β-unsaturated/α-hetero) is 1. The van der Waals surface area contributed by atoms with Gasteiger partial charge in [-0.3, -0.25) is 9.59 Å². The van der Waals surface area contributed by atoms with E-state index in [9.17, 15) is 9.59 Å². The van der Waals surface area contributed by atoms with Crippen molar-refractivity contribution in [2.45, 2.75) is 34.1 Å². The van der Waals surface area contributed by atoms with Crippen LogP contribution < -0.4 is 0 Å². The van der Waals surface area contributed by atoms with E-state index in [2.05, 4.69) is 0 Å². The number of aliphatic hydroxyl groups is 1. The molecular weight excluding hydrogens is 184 g/mol. The Morgan fingerprint density at radius 3 is 1.79 bits per heavy atom. The molecule has 4 nitrogen and oxygen atoms in total. The van der Waals surface area contributed by atoms with E-state index < -0.39 is 16.8 Å². The van der Waals surface area contributed by atoms with Crippen LogP contribution in [0, 0.1) is 10.8 Å². The summed E-state index contributed by atoms with van der Waals surface area (Å²) >= 11 is 0. The van der Waals surface area contributed by atoms with Crippen molar-refractivity contribution in [3.8, 4) is 0 Å². The van der Waals surface area contributed by atoms with Crippen molar-refractivity contribution in [3.05, 3.63) is 0 Å². The zero-order valence-corrected chi connectivity index (χ0v) is 9.13. The molecule has 0 aromatic carbocycles. The first kappa shape index (κ1) is 13.1. The van der Waals surface area contributed by atoms with Crippen molar-refractivity contribution in [2.24, 2.45) is 10.8 Å². The highest BCUT2D eigenvalue weighted by Gasteiger charge is 2.36. The quantitative estimate of drug-likeness (QED) is 0.699. The maximum atomic E-state index is 11.6. The summed E-state index contributed by atoms with van der Waals surface area (Å²) in [5.74, 6) is -1.23. The van der Waals surface area contributed by atoms with Gasteiger partial charge in [0.25, 0.3) is 0 Å². The smallest absolute Gasteiger partial charge is 0.309 e. The topological polar surface area (TPSA) is 74.6 Å². The summed E-state index contributed by atoms with van der Waals surface area (Å²) < 4.78 is 0. The van der Waals surface area contributed by atoms with E-state index >= 15 is 0 Å². The van der Waals surface area contributed by atoms with Crippen LogP contribution in [0.1, 0.15) is 34.1 Å². The summed E-state index contributed by atoms with van der Waals surface area (Å²) in [6.45, 7) is 5.95. The maximum absolute atomic E-state index is 11.6. The predicted octanol–water partition coefficient (Wildman–Crippen LogP) is 1.07. The normalized spacial score (nSPS) is 12.6. The van der Waals surface area contributed by atoms with Crippen molar-refractivity contribution < 1.29 is 19.8 Å². The number of carbonyl (C=O) groups is 2. The monoisotopic (exact) mass is 202 g/mol. The molecule has 0 bridgehead atoms. The predicted molar refractivity (Wildman–Crippen MR) is 51.9 cm³/mol. The fraction of sp³-hybridized carbons (Fsp3) is 0.800. The molecular formula is C10H18O4. The van der Waals surface area contributed by atoms with Gasteiger partial charge in [-0.1, -0.05) is 13.8 Å². The Morgan fingerprint density at radius 2 is 1.50 bits per heavy atom. The summed E-state index contributed by atoms with van der Waals surface area (Å²) in [6, 6.07) is 0. The summed E-state index contributed by atoms with van der Waals surface area (Å²) in [7, 11) is 0. The fourth-order valence-corrected chi connectivity index (χ4v) is 0.804. The lowest BCUT2D eigenvalue weighted by atomic mass is 9.78. The van der Waals surface area contributed by atoms with Crippen molar-refractivity contribution in [1.82, 2.24) is 0 Å². The lowest BCUT2D eigenvalue weighted by Crippen LogP contribution is -2.35. The van der Waals surface area contributed by atoms with E-state index in [-0.39, 0.29) is 18.8 Å². The van der Waals surface area contributed by atoms with Gasteiger partial charge in [0.2, 0.25) is 0 Å². The molecule has 0 radical (unpaired) electrons. The standard InChI is InChI=1S/C10H18O4/c1-9(2,8(13)14)5-7(12)10(3,4)6-11/h11H,5-6H2,1-4H3,(H,13,14). The molecule has 4 heteroatoms. The minimum Gasteiger partial charge on any atom is -0.481 e. The van der Waals surface area contributed by atoms with Gasteiger partial charge in [0.05, 0.1) is 12.0 Å². The molecule has 0 aliphatic heterocycles. The molecule has 0 aromatic heterocycles. The number of carbonyl (C=O) groups excluding carboxylic acids is 1. The highest BCUT2D eigenvalue weighted by Crippen LogP contribution is 2.27. The molecule has 82 valence electrons. The molecule has 0 spiro atoms. The minimum absolute atomic E-state index is 0.0596. The van der Waals surface area contributed by atoms with Crippen molar-refractivity contribution >= 4 is 11.8 Å². The Kier molecular flexibility index (Phi) is 3.82. The minimum atomic E-state index is -1.07. The second kappa shape index (κ2) is 4.09. The number of aliphatic hydroxyl groups excluding tert-OH is 1. The highest BCUT2D eigenvalue weighted by molar-refractivity contribution is 5.89. The molecule has 0 heterocycles. The van der Waals surface area contributed by atoms with E-state index in [4.69, 9.17) is 10.2 Å². The molecule has 0 aliphatic rings. The molecule has 0 aliphatic carbocycles. The Morgan fingerprint density at radius 1 is 1.07 bits per heavy atom. The third-order valence-corrected chi connectivity index (χ3v) is 2.33. The molecule has 14 heavy (non-hydrogen) atoms. The lowest BCUT2D eigenvalue weighted by Gasteiger charge is -2.25. The molecule has 0 amide bonds. The largest absolute Gasteiger partial charge is 0.481 e. The van der Waals surface area contributed by atoms with E-state index in [0.717, 1.165) is 0 Å². The zero-order chi connectivity index (χ0) is 11.6. The van der Waals surface area contributed by atoms with Gasteiger partial charge in [-0.15, -0.1) is 0 Å². The van der Waals surface area contributed by atoms with Crippen LogP contribution in [0.25, 0.3) is 0 Å². The van der Waals surface area contributed by atoms with Gasteiger partial charge in [0.1, 0.15) is 5.78 Å². The van der Waals surface area contributed by atoms with Gasteiger partial charge in [0.15, 0.2) is 0 Å². The second-order valence-electron chi connectivity index (χ2n) is 4.83.